The third-order valence-corrected chi connectivity index (χ3v) is 2.82. The van der Waals surface area contributed by atoms with Crippen LogP contribution in [0, 0.1) is 5.92 Å². The second-order valence-electron chi connectivity index (χ2n) is 6.20. The molecule has 0 aromatic carbocycles. The minimum Gasteiger partial charge on any atom is -0.376 e. The molecule has 5 heteroatoms. The van der Waals surface area contributed by atoms with E-state index < -0.39 is 0 Å². The molecule has 4 nitrogen and oxygen atoms in total. The third kappa shape index (κ3) is 7.41. The van der Waals surface area contributed by atoms with Gasteiger partial charge in [-0.2, -0.15) is 0 Å². The van der Waals surface area contributed by atoms with Crippen LogP contribution in [0.4, 0.5) is 0 Å². The Balaban J connectivity index is 0.00000289. The maximum Gasteiger partial charge on any atom is 0.188 e. The van der Waals surface area contributed by atoms with Gasteiger partial charge in [-0.15, -0.1) is 24.0 Å². The Morgan fingerprint density at radius 2 is 1.78 bits per heavy atom. The van der Waals surface area contributed by atoms with Gasteiger partial charge in [-0.25, -0.2) is 0 Å². The minimum absolute atomic E-state index is 0. The van der Waals surface area contributed by atoms with E-state index in [9.17, 15) is 0 Å². The molecule has 1 rings (SSSR count). The van der Waals surface area contributed by atoms with Crippen molar-refractivity contribution in [2.75, 3.05) is 6.54 Å². The molecule has 1 heterocycles. The highest BCUT2D eigenvalue weighted by molar-refractivity contribution is 14.0. The Bertz CT molecular complexity index is 266. The van der Waals surface area contributed by atoms with E-state index in [4.69, 9.17) is 10.5 Å². The van der Waals surface area contributed by atoms with E-state index in [1.807, 2.05) is 0 Å². The van der Waals surface area contributed by atoms with Gasteiger partial charge in [0.2, 0.25) is 0 Å². The lowest BCUT2D eigenvalue weighted by atomic mass is 9.93. The number of rotatable bonds is 2. The third-order valence-electron chi connectivity index (χ3n) is 2.82. The van der Waals surface area contributed by atoms with Gasteiger partial charge in [0, 0.05) is 12.1 Å². The summed E-state index contributed by atoms with van der Waals surface area (Å²) in [6.45, 7) is 11.3. The fraction of sp³-hybridized carbons (Fsp3) is 0.923. The van der Waals surface area contributed by atoms with Crippen molar-refractivity contribution in [3.8, 4) is 0 Å². The smallest absolute Gasteiger partial charge is 0.188 e. The van der Waals surface area contributed by atoms with Gasteiger partial charge in [-0.3, -0.25) is 4.99 Å². The summed E-state index contributed by atoms with van der Waals surface area (Å²) < 4.78 is 5.71. The molecule has 0 radical (unpaired) electrons. The van der Waals surface area contributed by atoms with Gasteiger partial charge in [0.1, 0.15) is 0 Å². The molecule has 1 saturated heterocycles. The Labute approximate surface area is 128 Å². The zero-order valence-electron chi connectivity index (χ0n) is 12.2. The lowest BCUT2D eigenvalue weighted by Crippen LogP contribution is -2.45. The molecule has 0 bridgehead atoms. The highest BCUT2D eigenvalue weighted by atomic mass is 127. The number of ether oxygens (including phenoxy) is 1. The molecule has 1 aliphatic rings. The quantitative estimate of drug-likeness (QED) is 0.447. The number of guanidine groups is 1. The summed E-state index contributed by atoms with van der Waals surface area (Å²) in [5.41, 5.74) is 5.83. The second kappa shape index (κ2) is 7.53. The molecule has 1 fully saturated rings. The number of nitrogens with one attached hydrogen (secondary N) is 1. The van der Waals surface area contributed by atoms with Gasteiger partial charge < -0.3 is 15.8 Å². The molecule has 108 valence electrons. The molecule has 2 unspecified atom stereocenters. The number of nitrogens with zero attached hydrogens (tertiary/aromatic N) is 1. The normalized spacial score (nSPS) is 29.6. The summed E-state index contributed by atoms with van der Waals surface area (Å²) in [4.78, 5) is 4.43. The maximum atomic E-state index is 5.85. The average molecular weight is 369 g/mol. The summed E-state index contributed by atoms with van der Waals surface area (Å²) in [5.74, 6) is 1.14. The van der Waals surface area contributed by atoms with Crippen molar-refractivity contribution >= 4 is 29.9 Å². The topological polar surface area (TPSA) is 59.6 Å². The van der Waals surface area contributed by atoms with Crippen LogP contribution in [0.5, 0.6) is 0 Å². The number of hydrogen-bond acceptors (Lipinski definition) is 2. The fourth-order valence-electron chi connectivity index (χ4n) is 2.34. The van der Waals surface area contributed by atoms with E-state index in [1.165, 1.54) is 0 Å². The van der Waals surface area contributed by atoms with Gasteiger partial charge in [-0.05, 0) is 53.4 Å². The highest BCUT2D eigenvalue weighted by Gasteiger charge is 2.24. The van der Waals surface area contributed by atoms with Crippen LogP contribution < -0.4 is 11.1 Å². The minimum atomic E-state index is -0.0240. The van der Waals surface area contributed by atoms with Gasteiger partial charge in [0.25, 0.3) is 0 Å². The molecule has 0 spiro atoms. The molecule has 1 aliphatic heterocycles. The first kappa shape index (κ1) is 18.0. The zero-order chi connectivity index (χ0) is 13.1. The molecule has 0 amide bonds. The van der Waals surface area contributed by atoms with Gasteiger partial charge >= 0.3 is 0 Å². The number of hydrogen-bond donors (Lipinski definition) is 2. The van der Waals surface area contributed by atoms with E-state index in [0.717, 1.165) is 19.4 Å². The van der Waals surface area contributed by atoms with Crippen LogP contribution in [0.3, 0.4) is 0 Å². The van der Waals surface area contributed by atoms with Crippen LogP contribution in [0.2, 0.25) is 0 Å². The molecular formula is C13H28IN3O. The lowest BCUT2D eigenvalue weighted by molar-refractivity contribution is -0.0501. The largest absolute Gasteiger partial charge is 0.376 e. The molecular weight excluding hydrogens is 341 g/mol. The summed E-state index contributed by atoms with van der Waals surface area (Å²) in [7, 11) is 0. The van der Waals surface area contributed by atoms with Gasteiger partial charge in [0.15, 0.2) is 5.96 Å². The van der Waals surface area contributed by atoms with Crippen molar-refractivity contribution in [2.45, 2.75) is 65.2 Å². The number of aliphatic imine (C=N–C) groups is 1. The van der Waals surface area contributed by atoms with Crippen molar-refractivity contribution in [3.63, 3.8) is 0 Å². The summed E-state index contributed by atoms with van der Waals surface area (Å²) in [6.07, 6.45) is 2.85. The number of nitrogens with two attached hydrogens (primary N) is 1. The molecule has 0 saturated carbocycles. The predicted octanol–water partition coefficient (Wildman–Crippen LogP) is 2.51. The molecule has 18 heavy (non-hydrogen) atoms. The Morgan fingerprint density at radius 1 is 1.28 bits per heavy atom. The SMILES string of the molecule is CC1CC(CN=C(N)NC(C)(C)C)CC(C)O1.I. The Hall–Kier alpha value is -0.0400. The monoisotopic (exact) mass is 369 g/mol. The molecule has 2 atom stereocenters. The van der Waals surface area contributed by atoms with Crippen LogP contribution >= 0.6 is 24.0 Å². The molecule has 0 aromatic heterocycles. The number of halogens is 1. The summed E-state index contributed by atoms with van der Waals surface area (Å²) in [5, 5.41) is 3.18. The van der Waals surface area contributed by atoms with E-state index in [-0.39, 0.29) is 29.5 Å². The van der Waals surface area contributed by atoms with E-state index in [1.54, 1.807) is 0 Å². The highest BCUT2D eigenvalue weighted by Crippen LogP contribution is 2.24. The van der Waals surface area contributed by atoms with E-state index in [2.05, 4.69) is 44.9 Å². The second-order valence-corrected chi connectivity index (χ2v) is 6.20. The van der Waals surface area contributed by atoms with E-state index in [0.29, 0.717) is 24.1 Å². The molecule has 0 aliphatic carbocycles. The summed E-state index contributed by atoms with van der Waals surface area (Å²) in [6, 6.07) is 0. The predicted molar refractivity (Wildman–Crippen MR) is 87.5 cm³/mol. The van der Waals surface area contributed by atoms with Crippen LogP contribution in [0.15, 0.2) is 4.99 Å². The Kier molecular flexibility index (Phi) is 7.51. The molecule has 0 aromatic rings. The zero-order valence-corrected chi connectivity index (χ0v) is 14.5. The van der Waals surface area contributed by atoms with Crippen LogP contribution in [-0.4, -0.2) is 30.3 Å². The van der Waals surface area contributed by atoms with Crippen molar-refractivity contribution < 1.29 is 4.74 Å². The standard InChI is InChI=1S/C13H27N3O.HI/c1-9-6-11(7-10(2)17-9)8-15-12(14)16-13(3,4)5;/h9-11H,6-8H2,1-5H3,(H3,14,15,16);1H. The Morgan fingerprint density at radius 3 is 2.22 bits per heavy atom. The van der Waals surface area contributed by atoms with Crippen molar-refractivity contribution in [1.29, 1.82) is 0 Å². The summed E-state index contributed by atoms with van der Waals surface area (Å²) >= 11 is 0. The fourth-order valence-corrected chi connectivity index (χ4v) is 2.34. The van der Waals surface area contributed by atoms with Crippen LogP contribution in [-0.2, 0) is 4.74 Å². The average Bonchev–Trinajstić information content (AvgIpc) is 2.10. The maximum absolute atomic E-state index is 5.85. The first-order valence-electron chi connectivity index (χ1n) is 6.50. The van der Waals surface area contributed by atoms with Crippen molar-refractivity contribution in [2.24, 2.45) is 16.6 Å². The van der Waals surface area contributed by atoms with Crippen LogP contribution in [0.25, 0.3) is 0 Å². The van der Waals surface area contributed by atoms with Gasteiger partial charge in [0.05, 0.1) is 12.2 Å². The van der Waals surface area contributed by atoms with Crippen molar-refractivity contribution in [3.05, 3.63) is 0 Å². The van der Waals surface area contributed by atoms with Crippen molar-refractivity contribution in [1.82, 2.24) is 5.32 Å². The van der Waals surface area contributed by atoms with E-state index >= 15 is 0 Å². The first-order chi connectivity index (χ1) is 7.76. The first-order valence-corrected chi connectivity index (χ1v) is 6.50. The lowest BCUT2D eigenvalue weighted by Gasteiger charge is -2.31. The van der Waals surface area contributed by atoms with Gasteiger partial charge in [-0.1, -0.05) is 0 Å². The van der Waals surface area contributed by atoms with Crippen LogP contribution in [0.1, 0.15) is 47.5 Å². The molecule has 3 N–H and O–H groups in total.